The predicted molar refractivity (Wildman–Crippen MR) is 99.3 cm³/mol. The van der Waals surface area contributed by atoms with Gasteiger partial charge in [-0.2, -0.15) is 13.9 Å². The van der Waals surface area contributed by atoms with Gasteiger partial charge >= 0.3 is 12.6 Å². The van der Waals surface area contributed by atoms with Gasteiger partial charge in [-0.25, -0.2) is 19.1 Å². The largest absolute Gasteiger partial charge is 0.351 e. The number of amides is 2. The molecule has 8 nitrogen and oxygen atoms in total. The van der Waals surface area contributed by atoms with Gasteiger partial charge in [-0.1, -0.05) is 18.2 Å². The van der Waals surface area contributed by atoms with Gasteiger partial charge in [0, 0.05) is 28.9 Å². The van der Waals surface area contributed by atoms with E-state index < -0.39 is 12.6 Å². The number of nitrogens with two attached hydrogens (primary N) is 1. The minimum atomic E-state index is -2.75. The van der Waals surface area contributed by atoms with Crippen LogP contribution in [0.25, 0.3) is 28.0 Å². The van der Waals surface area contributed by atoms with Crippen molar-refractivity contribution in [2.75, 3.05) is 5.32 Å². The smallest absolute Gasteiger partial charge is 0.333 e. The van der Waals surface area contributed by atoms with Crippen LogP contribution in [0, 0.1) is 6.92 Å². The van der Waals surface area contributed by atoms with Gasteiger partial charge in [0.1, 0.15) is 5.82 Å². The molecule has 0 spiro atoms. The van der Waals surface area contributed by atoms with Crippen molar-refractivity contribution in [3.63, 3.8) is 0 Å². The fourth-order valence-corrected chi connectivity index (χ4v) is 2.95. The maximum Gasteiger partial charge on any atom is 0.333 e. The number of pyridine rings is 1. The summed E-state index contributed by atoms with van der Waals surface area (Å²) >= 11 is 0. The molecule has 0 aliphatic heterocycles. The summed E-state index contributed by atoms with van der Waals surface area (Å²) in [6, 6.07) is 10.2. The molecule has 4 rings (SSSR count). The lowest BCUT2D eigenvalue weighted by Gasteiger charge is -2.07. The molecule has 3 heterocycles. The molecule has 0 atom stereocenters. The molecule has 0 fully saturated rings. The topological polar surface area (TPSA) is 104 Å². The number of alkyl halides is 2. The molecular weight excluding hydrogens is 368 g/mol. The van der Waals surface area contributed by atoms with Crippen molar-refractivity contribution in [2.24, 2.45) is 5.73 Å². The molecule has 3 aromatic heterocycles. The third-order valence-electron chi connectivity index (χ3n) is 4.21. The summed E-state index contributed by atoms with van der Waals surface area (Å²) in [6.07, 6.45) is 2.73. The Balaban J connectivity index is 1.86. The highest BCUT2D eigenvalue weighted by Crippen LogP contribution is 2.31. The van der Waals surface area contributed by atoms with Crippen molar-refractivity contribution in [3.05, 3.63) is 54.4 Å². The summed E-state index contributed by atoms with van der Waals surface area (Å²) in [4.78, 5) is 15.6. The first-order valence-electron chi connectivity index (χ1n) is 8.29. The Bertz CT molecular complexity index is 1170. The van der Waals surface area contributed by atoms with Crippen molar-refractivity contribution in [1.29, 1.82) is 0 Å². The minimum absolute atomic E-state index is 0.208. The number of benzene rings is 1. The lowest BCUT2D eigenvalue weighted by molar-refractivity contribution is 0.0573. The van der Waals surface area contributed by atoms with E-state index in [-0.39, 0.29) is 5.65 Å². The number of hydrogen-bond donors (Lipinski definition) is 2. The van der Waals surface area contributed by atoms with E-state index >= 15 is 0 Å². The van der Waals surface area contributed by atoms with Crippen LogP contribution in [0.5, 0.6) is 0 Å². The molecule has 1 aromatic carbocycles. The van der Waals surface area contributed by atoms with Gasteiger partial charge in [-0.3, -0.25) is 5.32 Å². The van der Waals surface area contributed by atoms with Crippen molar-refractivity contribution in [1.82, 2.24) is 24.5 Å². The SMILES string of the molecule is Cc1c(-c2cnc3nn(C(F)F)cc3c2)nn(-c2ccccc2)c1NC(N)=O. The van der Waals surface area contributed by atoms with Crippen LogP contribution in [-0.2, 0) is 0 Å². The monoisotopic (exact) mass is 383 g/mol. The number of rotatable bonds is 4. The van der Waals surface area contributed by atoms with Gasteiger partial charge < -0.3 is 5.73 Å². The third kappa shape index (κ3) is 3.04. The lowest BCUT2D eigenvalue weighted by atomic mass is 10.1. The van der Waals surface area contributed by atoms with Crippen molar-refractivity contribution in [3.8, 4) is 16.9 Å². The zero-order valence-electron chi connectivity index (χ0n) is 14.7. The molecule has 2 amide bonds. The van der Waals surface area contributed by atoms with Crippen LogP contribution in [0.4, 0.5) is 19.4 Å². The van der Waals surface area contributed by atoms with Gasteiger partial charge in [-0.05, 0) is 25.1 Å². The molecule has 3 N–H and O–H groups in total. The number of urea groups is 1. The number of anilines is 1. The molecule has 0 aliphatic rings. The molecule has 0 saturated heterocycles. The van der Waals surface area contributed by atoms with Crippen LogP contribution in [0.2, 0.25) is 0 Å². The van der Waals surface area contributed by atoms with Crippen LogP contribution in [0.15, 0.2) is 48.8 Å². The van der Waals surface area contributed by atoms with Crippen LogP contribution >= 0.6 is 0 Å². The Hall–Kier alpha value is -3.82. The van der Waals surface area contributed by atoms with Gasteiger partial charge in [0.05, 0.1) is 11.4 Å². The molecule has 0 bridgehead atoms. The maximum atomic E-state index is 12.9. The average Bonchev–Trinajstić information content (AvgIpc) is 3.24. The number of nitrogens with zero attached hydrogens (tertiary/aromatic N) is 5. The van der Waals surface area contributed by atoms with E-state index in [4.69, 9.17) is 5.73 Å². The van der Waals surface area contributed by atoms with Crippen molar-refractivity contribution in [2.45, 2.75) is 13.5 Å². The van der Waals surface area contributed by atoms with E-state index in [9.17, 15) is 13.6 Å². The fourth-order valence-electron chi connectivity index (χ4n) is 2.95. The Morgan fingerprint density at radius 1 is 1.21 bits per heavy atom. The molecule has 28 heavy (non-hydrogen) atoms. The second-order valence-corrected chi connectivity index (χ2v) is 6.08. The first kappa shape index (κ1) is 17.6. The Morgan fingerprint density at radius 3 is 2.64 bits per heavy atom. The van der Waals surface area contributed by atoms with E-state index in [0.29, 0.717) is 32.7 Å². The van der Waals surface area contributed by atoms with Crippen LogP contribution < -0.4 is 11.1 Å². The number of fused-ring (bicyclic) bond motifs is 1. The normalized spacial score (nSPS) is 11.3. The Kier molecular flexibility index (Phi) is 4.22. The fraction of sp³-hybridized carbons (Fsp3) is 0.111. The number of primary amides is 1. The molecule has 0 radical (unpaired) electrons. The Morgan fingerprint density at radius 2 is 1.96 bits per heavy atom. The number of para-hydroxylation sites is 1. The highest BCUT2D eigenvalue weighted by atomic mass is 19.3. The highest BCUT2D eigenvalue weighted by Gasteiger charge is 2.19. The van der Waals surface area contributed by atoms with Crippen LogP contribution in [0.1, 0.15) is 12.1 Å². The quantitative estimate of drug-likeness (QED) is 0.563. The zero-order valence-corrected chi connectivity index (χ0v) is 14.7. The number of carbonyl (C=O) groups excluding carboxylic acids is 1. The van der Waals surface area contributed by atoms with E-state index in [0.717, 1.165) is 5.69 Å². The first-order chi connectivity index (χ1) is 13.4. The van der Waals surface area contributed by atoms with Crippen LogP contribution in [0.3, 0.4) is 0 Å². The van der Waals surface area contributed by atoms with Crippen molar-refractivity contribution >= 4 is 22.9 Å². The van der Waals surface area contributed by atoms with Gasteiger partial charge in [-0.15, -0.1) is 5.10 Å². The molecule has 0 unspecified atom stereocenters. The van der Waals surface area contributed by atoms with E-state index in [1.807, 2.05) is 30.3 Å². The van der Waals surface area contributed by atoms with E-state index in [1.54, 1.807) is 17.7 Å². The molecule has 10 heteroatoms. The predicted octanol–water partition coefficient (Wildman–Crippen LogP) is 3.48. The van der Waals surface area contributed by atoms with Gasteiger partial charge in [0.25, 0.3) is 0 Å². The van der Waals surface area contributed by atoms with Crippen molar-refractivity contribution < 1.29 is 13.6 Å². The second kappa shape index (κ2) is 6.72. The highest BCUT2D eigenvalue weighted by molar-refractivity contribution is 5.90. The summed E-state index contributed by atoms with van der Waals surface area (Å²) in [5, 5.41) is 11.4. The number of carbonyl (C=O) groups is 1. The lowest BCUT2D eigenvalue weighted by Crippen LogP contribution is -2.21. The Labute approximate surface area is 157 Å². The first-order valence-corrected chi connectivity index (χ1v) is 8.29. The number of aromatic nitrogens is 5. The number of nitrogens with one attached hydrogen (secondary N) is 1. The second-order valence-electron chi connectivity index (χ2n) is 6.08. The molecule has 0 aliphatic carbocycles. The molecule has 142 valence electrons. The van der Waals surface area contributed by atoms with Gasteiger partial charge in [0.2, 0.25) is 0 Å². The minimum Gasteiger partial charge on any atom is -0.351 e. The van der Waals surface area contributed by atoms with Crippen LogP contribution in [-0.4, -0.2) is 30.6 Å². The summed E-state index contributed by atoms with van der Waals surface area (Å²) in [7, 11) is 0. The van der Waals surface area contributed by atoms with Gasteiger partial charge in [0.15, 0.2) is 5.65 Å². The summed E-state index contributed by atoms with van der Waals surface area (Å²) in [6.45, 7) is -0.970. The number of halogens is 2. The average molecular weight is 383 g/mol. The number of hydrogen-bond acceptors (Lipinski definition) is 4. The molecule has 4 aromatic rings. The molecule has 0 saturated carbocycles. The standard InChI is InChI=1S/C18H15F2N7O/c1-10-14(11-7-12-9-26(17(19)20)25-15(12)22-8-11)24-27(16(10)23-18(21)28)13-5-3-2-4-6-13/h2-9,17H,1H3,(H3,21,23,28). The van der Waals surface area contributed by atoms with E-state index in [1.165, 1.54) is 12.4 Å². The maximum absolute atomic E-state index is 12.9. The summed E-state index contributed by atoms with van der Waals surface area (Å²) < 4.78 is 27.8. The third-order valence-corrected chi connectivity index (χ3v) is 4.21. The summed E-state index contributed by atoms with van der Waals surface area (Å²) in [5.41, 5.74) is 8.03. The zero-order chi connectivity index (χ0) is 19.8. The molecular formula is C18H15F2N7O. The van der Waals surface area contributed by atoms with E-state index in [2.05, 4.69) is 20.5 Å². The summed E-state index contributed by atoms with van der Waals surface area (Å²) in [5.74, 6) is 0.414.